The maximum Gasteiger partial charge on any atom is 0.123 e. The Hall–Kier alpha value is -1.03. The molecule has 0 saturated heterocycles. The second kappa shape index (κ2) is 6.39. The van der Waals surface area contributed by atoms with Crippen molar-refractivity contribution in [2.24, 2.45) is 0 Å². The van der Waals surface area contributed by atoms with Crippen LogP contribution in [0.4, 0.5) is 0 Å². The third-order valence-electron chi connectivity index (χ3n) is 4.14. The lowest BCUT2D eigenvalue weighted by Crippen LogP contribution is -2.27. The molecule has 3 rings (SSSR count). The van der Waals surface area contributed by atoms with Crippen molar-refractivity contribution in [1.29, 1.82) is 0 Å². The fourth-order valence-corrected chi connectivity index (χ4v) is 4.49. The number of para-hydroxylation sites is 1. The van der Waals surface area contributed by atoms with Gasteiger partial charge < -0.3 is 10.1 Å². The largest absolute Gasteiger partial charge is 0.496 e. The van der Waals surface area contributed by atoms with Crippen LogP contribution in [0.1, 0.15) is 47.9 Å². The van der Waals surface area contributed by atoms with Crippen molar-refractivity contribution in [2.75, 3.05) is 7.11 Å². The Labute approximate surface area is 135 Å². The third-order valence-corrected chi connectivity index (χ3v) is 5.48. The van der Waals surface area contributed by atoms with E-state index in [9.17, 15) is 0 Å². The molecule has 0 aliphatic heterocycles. The summed E-state index contributed by atoms with van der Waals surface area (Å²) >= 11 is 7.91. The molecule has 1 heterocycles. The molecular formula is C17H20ClNOS. The van der Waals surface area contributed by atoms with E-state index in [2.05, 4.69) is 30.4 Å². The van der Waals surface area contributed by atoms with E-state index in [0.29, 0.717) is 6.04 Å². The van der Waals surface area contributed by atoms with E-state index in [1.807, 2.05) is 12.1 Å². The number of nitrogens with one attached hydrogen (secondary N) is 1. The van der Waals surface area contributed by atoms with E-state index in [1.165, 1.54) is 28.8 Å². The van der Waals surface area contributed by atoms with Gasteiger partial charge in [0.25, 0.3) is 0 Å². The van der Waals surface area contributed by atoms with Crippen LogP contribution in [0.15, 0.2) is 30.3 Å². The summed E-state index contributed by atoms with van der Waals surface area (Å²) in [5.41, 5.74) is 2.59. The molecule has 2 atom stereocenters. The first-order chi connectivity index (χ1) is 10.2. The molecular weight excluding hydrogens is 302 g/mol. The summed E-state index contributed by atoms with van der Waals surface area (Å²) in [6, 6.07) is 11.0. The van der Waals surface area contributed by atoms with Crippen molar-refractivity contribution >= 4 is 22.9 Å². The molecule has 0 amide bonds. The maximum atomic E-state index is 6.19. The smallest absolute Gasteiger partial charge is 0.123 e. The van der Waals surface area contributed by atoms with Gasteiger partial charge in [-0.1, -0.05) is 29.8 Å². The van der Waals surface area contributed by atoms with E-state index >= 15 is 0 Å². The summed E-state index contributed by atoms with van der Waals surface area (Å²) < 4.78 is 6.37. The van der Waals surface area contributed by atoms with Gasteiger partial charge in [0.15, 0.2) is 0 Å². The van der Waals surface area contributed by atoms with Gasteiger partial charge in [-0.05, 0) is 43.9 Å². The molecule has 0 fully saturated rings. The number of benzene rings is 1. The molecule has 0 saturated carbocycles. The number of hydrogen-bond donors (Lipinski definition) is 1. The van der Waals surface area contributed by atoms with E-state index in [1.54, 1.807) is 18.4 Å². The Morgan fingerprint density at radius 3 is 3.00 bits per heavy atom. The van der Waals surface area contributed by atoms with Crippen LogP contribution < -0.4 is 10.1 Å². The van der Waals surface area contributed by atoms with Crippen molar-refractivity contribution in [2.45, 2.75) is 38.3 Å². The van der Waals surface area contributed by atoms with Crippen molar-refractivity contribution in [1.82, 2.24) is 5.32 Å². The van der Waals surface area contributed by atoms with Gasteiger partial charge in [-0.15, -0.1) is 11.3 Å². The first kappa shape index (κ1) is 14.9. The molecule has 1 aliphatic carbocycles. The number of methoxy groups -OCH3 is 1. The van der Waals surface area contributed by atoms with Crippen molar-refractivity contribution in [3.63, 3.8) is 0 Å². The van der Waals surface area contributed by atoms with Crippen molar-refractivity contribution in [3.05, 3.63) is 50.7 Å². The lowest BCUT2D eigenvalue weighted by Gasteiger charge is -2.28. The second-order valence-corrected chi connectivity index (χ2v) is 7.27. The molecule has 1 aromatic heterocycles. The van der Waals surface area contributed by atoms with Crippen LogP contribution in [0.3, 0.4) is 0 Å². The van der Waals surface area contributed by atoms with Crippen LogP contribution in [-0.4, -0.2) is 7.11 Å². The summed E-state index contributed by atoms with van der Waals surface area (Å²) in [5.74, 6) is 0.942. The Morgan fingerprint density at radius 2 is 2.19 bits per heavy atom. The molecule has 2 aromatic rings. The van der Waals surface area contributed by atoms with Gasteiger partial charge in [0.1, 0.15) is 5.75 Å². The van der Waals surface area contributed by atoms with Gasteiger partial charge in [-0.2, -0.15) is 0 Å². The first-order valence-electron chi connectivity index (χ1n) is 7.36. The quantitative estimate of drug-likeness (QED) is 0.842. The SMILES string of the molecule is COc1ccccc1C(C)NC1CCCc2sc(Cl)cc21. The summed E-state index contributed by atoms with van der Waals surface area (Å²) in [5, 5.41) is 3.75. The molecule has 1 aromatic carbocycles. The molecule has 2 nitrogen and oxygen atoms in total. The Bertz CT molecular complexity index is 625. The number of rotatable bonds is 4. The zero-order valence-corrected chi connectivity index (χ0v) is 13.9. The third kappa shape index (κ3) is 3.10. The van der Waals surface area contributed by atoms with Crippen LogP contribution in [0.25, 0.3) is 0 Å². The number of aryl methyl sites for hydroxylation is 1. The molecule has 1 N–H and O–H groups in total. The van der Waals surface area contributed by atoms with Gasteiger partial charge >= 0.3 is 0 Å². The number of ether oxygens (including phenoxy) is 1. The standard InChI is InChI=1S/C17H20ClNOS/c1-11(12-6-3-4-8-15(12)20-2)19-14-7-5-9-16-13(14)10-17(18)21-16/h3-4,6,8,10-11,14,19H,5,7,9H2,1-2H3. The molecule has 2 unspecified atom stereocenters. The van der Waals surface area contributed by atoms with Gasteiger partial charge in [-0.25, -0.2) is 0 Å². The summed E-state index contributed by atoms with van der Waals surface area (Å²) in [7, 11) is 1.73. The maximum absolute atomic E-state index is 6.19. The summed E-state index contributed by atoms with van der Waals surface area (Å²) in [6.07, 6.45) is 3.55. The Kier molecular flexibility index (Phi) is 4.53. The van der Waals surface area contributed by atoms with Gasteiger partial charge in [0.2, 0.25) is 0 Å². The predicted octanol–water partition coefficient (Wildman–Crippen LogP) is 5.14. The van der Waals surface area contributed by atoms with Crippen LogP contribution in [0, 0.1) is 0 Å². The van der Waals surface area contributed by atoms with Crippen LogP contribution in [0.2, 0.25) is 4.34 Å². The molecule has 0 radical (unpaired) electrons. The normalized spacial score (nSPS) is 19.1. The number of hydrogen-bond acceptors (Lipinski definition) is 3. The molecule has 1 aliphatic rings. The highest BCUT2D eigenvalue weighted by Gasteiger charge is 2.24. The zero-order chi connectivity index (χ0) is 14.8. The summed E-state index contributed by atoms with van der Waals surface area (Å²) in [4.78, 5) is 1.44. The molecule has 4 heteroatoms. The van der Waals surface area contributed by atoms with Gasteiger partial charge in [0.05, 0.1) is 11.4 Å². The fourth-order valence-electron chi connectivity index (χ4n) is 3.11. The first-order valence-corrected chi connectivity index (χ1v) is 8.55. The number of thiophene rings is 1. The van der Waals surface area contributed by atoms with Crippen molar-refractivity contribution in [3.8, 4) is 5.75 Å². The molecule has 0 bridgehead atoms. The van der Waals surface area contributed by atoms with E-state index in [0.717, 1.165) is 16.5 Å². The van der Waals surface area contributed by atoms with E-state index in [4.69, 9.17) is 16.3 Å². The number of fused-ring (bicyclic) bond motifs is 1. The average molecular weight is 322 g/mol. The monoisotopic (exact) mass is 321 g/mol. The lowest BCUT2D eigenvalue weighted by molar-refractivity contribution is 0.383. The summed E-state index contributed by atoms with van der Waals surface area (Å²) in [6.45, 7) is 2.19. The topological polar surface area (TPSA) is 21.3 Å². The van der Waals surface area contributed by atoms with E-state index in [-0.39, 0.29) is 6.04 Å². The van der Waals surface area contributed by atoms with Crippen LogP contribution >= 0.6 is 22.9 Å². The zero-order valence-electron chi connectivity index (χ0n) is 12.4. The fraction of sp³-hybridized carbons (Fsp3) is 0.412. The predicted molar refractivity (Wildman–Crippen MR) is 89.6 cm³/mol. The van der Waals surface area contributed by atoms with Crippen LogP contribution in [0.5, 0.6) is 5.75 Å². The highest BCUT2D eigenvalue weighted by atomic mass is 35.5. The number of halogens is 1. The Morgan fingerprint density at radius 1 is 1.38 bits per heavy atom. The molecule has 0 spiro atoms. The minimum Gasteiger partial charge on any atom is -0.496 e. The van der Waals surface area contributed by atoms with Crippen molar-refractivity contribution < 1.29 is 4.74 Å². The Balaban J connectivity index is 1.81. The van der Waals surface area contributed by atoms with Gasteiger partial charge in [0, 0.05) is 22.5 Å². The molecule has 112 valence electrons. The highest BCUT2D eigenvalue weighted by Crippen LogP contribution is 2.39. The second-order valence-electron chi connectivity index (χ2n) is 5.50. The average Bonchev–Trinajstić information content (AvgIpc) is 2.88. The molecule has 21 heavy (non-hydrogen) atoms. The lowest BCUT2D eigenvalue weighted by atomic mass is 9.92. The highest BCUT2D eigenvalue weighted by molar-refractivity contribution is 7.16. The minimum absolute atomic E-state index is 0.246. The van der Waals surface area contributed by atoms with Gasteiger partial charge in [-0.3, -0.25) is 0 Å². The van der Waals surface area contributed by atoms with E-state index < -0.39 is 0 Å². The minimum atomic E-state index is 0.246. The van der Waals surface area contributed by atoms with Crippen LogP contribution in [-0.2, 0) is 6.42 Å².